The van der Waals surface area contributed by atoms with Crippen LogP contribution in [0.3, 0.4) is 0 Å². The maximum atomic E-state index is 13.7. The van der Waals surface area contributed by atoms with Crippen LogP contribution >= 0.6 is 0 Å². The van der Waals surface area contributed by atoms with Crippen LogP contribution in [0.4, 0.5) is 18.9 Å². The number of halogens is 3. The van der Waals surface area contributed by atoms with E-state index in [9.17, 15) is 27.6 Å². The number of hydrogen-bond donors (Lipinski definition) is 3. The van der Waals surface area contributed by atoms with Gasteiger partial charge in [-0.3, -0.25) is 14.4 Å². The van der Waals surface area contributed by atoms with Gasteiger partial charge in [0.1, 0.15) is 6.54 Å². The second kappa shape index (κ2) is 11.3. The second-order valence-electron chi connectivity index (χ2n) is 10.4. The Labute approximate surface area is 235 Å². The van der Waals surface area contributed by atoms with E-state index in [2.05, 4.69) is 5.32 Å². The zero-order valence-electron chi connectivity index (χ0n) is 22.6. The first-order valence-electron chi connectivity index (χ1n) is 13.6. The van der Waals surface area contributed by atoms with Crippen molar-refractivity contribution in [3.8, 4) is 11.1 Å². The van der Waals surface area contributed by atoms with Crippen LogP contribution < -0.4 is 16.4 Å². The van der Waals surface area contributed by atoms with Crippen LogP contribution in [0.25, 0.3) is 11.1 Å². The lowest BCUT2D eigenvalue weighted by Crippen LogP contribution is -2.46. The van der Waals surface area contributed by atoms with Crippen LogP contribution in [0, 0.1) is 0 Å². The number of fused-ring (bicyclic) bond motifs is 3. The zero-order chi connectivity index (χ0) is 29.3. The summed E-state index contributed by atoms with van der Waals surface area (Å²) >= 11 is 0. The molecule has 1 heterocycles. The first kappa shape index (κ1) is 28.2. The third-order valence-corrected chi connectivity index (χ3v) is 7.83. The molecule has 0 saturated carbocycles. The van der Waals surface area contributed by atoms with E-state index in [4.69, 9.17) is 5.73 Å². The normalized spacial score (nSPS) is 16.6. The third kappa shape index (κ3) is 5.64. The van der Waals surface area contributed by atoms with Crippen LogP contribution in [-0.4, -0.2) is 54.5 Å². The standard InChI is InChI=1S/C31H31F3N4O3/c1-2-20-25-23(21-10-6-7-11-22(21)26(25)29(40)36-17-31(32,33)34)16-24(27(20)35)30(41)38-14-12-19(13-15-38)37-28(39)18-8-4-3-5-9-18/h3-11,16,19,26H,2,12-15,17,35H2,1H3,(H,36,40)(H,37,39). The highest BCUT2D eigenvalue weighted by Crippen LogP contribution is 2.49. The molecule has 0 radical (unpaired) electrons. The molecule has 2 aliphatic rings. The Morgan fingerprint density at radius 2 is 1.63 bits per heavy atom. The van der Waals surface area contributed by atoms with Crippen LogP contribution in [-0.2, 0) is 11.2 Å². The second-order valence-corrected chi connectivity index (χ2v) is 10.4. The Bertz CT molecular complexity index is 1480. The molecule has 3 amide bonds. The molecule has 1 fully saturated rings. The molecular weight excluding hydrogens is 533 g/mol. The molecule has 10 heteroatoms. The quantitative estimate of drug-likeness (QED) is 0.379. The highest BCUT2D eigenvalue weighted by atomic mass is 19.4. The van der Waals surface area contributed by atoms with Gasteiger partial charge in [0.25, 0.3) is 11.8 Å². The number of alkyl halides is 3. The molecule has 3 aromatic rings. The van der Waals surface area contributed by atoms with Crippen LogP contribution in [0.5, 0.6) is 0 Å². The molecule has 1 atom stereocenters. The minimum absolute atomic E-state index is 0.0711. The Morgan fingerprint density at radius 1 is 0.976 bits per heavy atom. The molecule has 0 aromatic heterocycles. The van der Waals surface area contributed by atoms with Crippen molar-refractivity contribution < 1.29 is 27.6 Å². The summed E-state index contributed by atoms with van der Waals surface area (Å²) in [5.41, 5.74) is 10.7. The number of nitrogens with one attached hydrogen (secondary N) is 2. The SMILES string of the molecule is CCc1c(N)c(C(=O)N2CCC(NC(=O)c3ccccc3)CC2)cc2c1C(C(=O)NCC(F)(F)F)c1ccccc1-2. The monoisotopic (exact) mass is 564 g/mol. The Balaban J connectivity index is 1.39. The summed E-state index contributed by atoms with van der Waals surface area (Å²) in [7, 11) is 0. The molecule has 5 rings (SSSR count). The molecule has 7 nitrogen and oxygen atoms in total. The summed E-state index contributed by atoms with van der Waals surface area (Å²) in [6.07, 6.45) is -2.99. The van der Waals surface area contributed by atoms with Crippen molar-refractivity contribution in [1.82, 2.24) is 15.5 Å². The number of rotatable bonds is 6. The van der Waals surface area contributed by atoms with Gasteiger partial charge in [-0.25, -0.2) is 0 Å². The van der Waals surface area contributed by atoms with Crippen molar-refractivity contribution >= 4 is 23.4 Å². The largest absolute Gasteiger partial charge is 0.405 e. The summed E-state index contributed by atoms with van der Waals surface area (Å²) in [6, 6.07) is 17.6. The maximum Gasteiger partial charge on any atom is 0.405 e. The number of hydrogen-bond acceptors (Lipinski definition) is 4. The smallest absolute Gasteiger partial charge is 0.398 e. The summed E-state index contributed by atoms with van der Waals surface area (Å²) in [5.74, 6) is -2.14. The van der Waals surface area contributed by atoms with Gasteiger partial charge in [0.2, 0.25) is 5.91 Å². The van der Waals surface area contributed by atoms with Gasteiger partial charge >= 0.3 is 6.18 Å². The number of carbonyl (C=O) groups excluding carboxylic acids is 3. The molecular formula is C31H31F3N4O3. The molecule has 41 heavy (non-hydrogen) atoms. The van der Waals surface area contributed by atoms with Gasteiger partial charge in [-0.05, 0) is 65.3 Å². The number of benzene rings is 3. The summed E-state index contributed by atoms with van der Waals surface area (Å²) in [5, 5.41) is 5.06. The minimum Gasteiger partial charge on any atom is -0.398 e. The molecule has 1 aliphatic heterocycles. The van der Waals surface area contributed by atoms with Gasteiger partial charge in [0.15, 0.2) is 0 Å². The van der Waals surface area contributed by atoms with E-state index in [0.717, 1.165) is 0 Å². The third-order valence-electron chi connectivity index (χ3n) is 7.83. The van der Waals surface area contributed by atoms with Crippen molar-refractivity contribution in [2.24, 2.45) is 0 Å². The van der Waals surface area contributed by atoms with Crippen molar-refractivity contribution in [1.29, 1.82) is 0 Å². The van der Waals surface area contributed by atoms with Crippen LogP contribution in [0.1, 0.15) is 63.1 Å². The number of nitrogens with two attached hydrogens (primary N) is 1. The number of nitrogens with zero attached hydrogens (tertiary/aromatic N) is 1. The summed E-state index contributed by atoms with van der Waals surface area (Å²) < 4.78 is 38.7. The van der Waals surface area contributed by atoms with Gasteiger partial charge in [-0.1, -0.05) is 49.4 Å². The maximum absolute atomic E-state index is 13.7. The average Bonchev–Trinajstić information content (AvgIpc) is 3.29. The lowest BCUT2D eigenvalue weighted by molar-refractivity contribution is -0.138. The molecule has 4 N–H and O–H groups in total. The van der Waals surface area contributed by atoms with Gasteiger partial charge in [-0.2, -0.15) is 13.2 Å². The Kier molecular flexibility index (Phi) is 7.75. The highest BCUT2D eigenvalue weighted by Gasteiger charge is 2.39. The number of likely N-dealkylation sites (tertiary alicyclic amines) is 1. The molecule has 1 aliphatic carbocycles. The number of amides is 3. The number of anilines is 1. The topological polar surface area (TPSA) is 105 Å². The zero-order valence-corrected chi connectivity index (χ0v) is 22.6. The summed E-state index contributed by atoms with van der Waals surface area (Å²) in [6.45, 7) is 1.26. The van der Waals surface area contributed by atoms with Crippen molar-refractivity contribution in [3.05, 3.63) is 88.5 Å². The van der Waals surface area contributed by atoms with Gasteiger partial charge in [0, 0.05) is 30.4 Å². The first-order valence-corrected chi connectivity index (χ1v) is 13.6. The lowest BCUT2D eigenvalue weighted by Gasteiger charge is -2.33. The number of carbonyl (C=O) groups is 3. The molecule has 1 saturated heterocycles. The van der Waals surface area contributed by atoms with E-state index in [1.807, 2.05) is 18.3 Å². The van der Waals surface area contributed by atoms with Gasteiger partial charge in [-0.15, -0.1) is 0 Å². The van der Waals surface area contributed by atoms with Gasteiger partial charge in [0.05, 0.1) is 11.5 Å². The lowest BCUT2D eigenvalue weighted by atomic mass is 9.88. The molecule has 3 aromatic carbocycles. The fourth-order valence-corrected chi connectivity index (χ4v) is 5.85. The Hall–Kier alpha value is -4.34. The van der Waals surface area contributed by atoms with Gasteiger partial charge < -0.3 is 21.3 Å². The van der Waals surface area contributed by atoms with E-state index >= 15 is 0 Å². The van der Waals surface area contributed by atoms with Crippen molar-refractivity contribution in [3.63, 3.8) is 0 Å². The van der Waals surface area contributed by atoms with E-state index in [1.165, 1.54) is 0 Å². The number of piperidine rings is 1. The van der Waals surface area contributed by atoms with E-state index < -0.39 is 24.5 Å². The van der Waals surface area contributed by atoms with E-state index in [0.29, 0.717) is 71.3 Å². The molecule has 0 spiro atoms. The van der Waals surface area contributed by atoms with Crippen LogP contribution in [0.15, 0.2) is 60.7 Å². The first-order chi connectivity index (χ1) is 19.6. The highest BCUT2D eigenvalue weighted by molar-refractivity contribution is 6.05. The minimum atomic E-state index is -4.54. The summed E-state index contributed by atoms with van der Waals surface area (Å²) in [4.78, 5) is 41.1. The fourth-order valence-electron chi connectivity index (χ4n) is 5.85. The van der Waals surface area contributed by atoms with Crippen LogP contribution in [0.2, 0.25) is 0 Å². The predicted octanol–water partition coefficient (Wildman–Crippen LogP) is 4.66. The molecule has 214 valence electrons. The predicted molar refractivity (Wildman–Crippen MR) is 149 cm³/mol. The van der Waals surface area contributed by atoms with E-state index in [1.54, 1.807) is 59.5 Å². The molecule has 1 unspecified atom stereocenters. The van der Waals surface area contributed by atoms with Crippen molar-refractivity contribution in [2.45, 2.75) is 44.3 Å². The number of nitrogen functional groups attached to an aromatic ring is 1. The van der Waals surface area contributed by atoms with Crippen molar-refractivity contribution in [2.75, 3.05) is 25.4 Å². The molecule has 0 bridgehead atoms. The fraction of sp³-hybridized carbons (Fsp3) is 0.323. The van der Waals surface area contributed by atoms with E-state index in [-0.39, 0.29) is 23.5 Å². The average molecular weight is 565 g/mol. The Morgan fingerprint density at radius 3 is 2.29 bits per heavy atom.